The predicted octanol–water partition coefficient (Wildman–Crippen LogP) is 2.97. The molecule has 1 saturated carbocycles. The molecular weight excluding hydrogens is 280 g/mol. The fourth-order valence-electron chi connectivity index (χ4n) is 3.13. The van der Waals surface area contributed by atoms with Crippen molar-refractivity contribution in [1.29, 1.82) is 0 Å². The van der Waals surface area contributed by atoms with E-state index in [1.54, 1.807) is 17.7 Å². The predicted molar refractivity (Wildman–Crippen MR) is 88.1 cm³/mol. The van der Waals surface area contributed by atoms with Gasteiger partial charge in [0.2, 0.25) is 0 Å². The highest BCUT2D eigenvalue weighted by Crippen LogP contribution is 2.32. The van der Waals surface area contributed by atoms with Crippen LogP contribution in [0.25, 0.3) is 10.2 Å². The Morgan fingerprint density at radius 3 is 2.81 bits per heavy atom. The maximum atomic E-state index is 4.56. The first kappa shape index (κ1) is 13.5. The van der Waals surface area contributed by atoms with Crippen LogP contribution in [0.2, 0.25) is 0 Å². The normalized spacial score (nSPS) is 20.3. The molecule has 112 valence electrons. The third-order valence-corrected chi connectivity index (χ3v) is 5.78. The first-order valence-corrected chi connectivity index (χ1v) is 8.86. The molecule has 4 rings (SSSR count). The summed E-state index contributed by atoms with van der Waals surface area (Å²) < 4.78 is 1.25. The van der Waals surface area contributed by atoms with Crippen LogP contribution in [0.1, 0.15) is 31.2 Å². The van der Waals surface area contributed by atoms with E-state index in [2.05, 4.69) is 32.5 Å². The second-order valence-corrected chi connectivity index (χ2v) is 7.29. The summed E-state index contributed by atoms with van der Waals surface area (Å²) in [5, 5.41) is 5.93. The van der Waals surface area contributed by atoms with Gasteiger partial charge in [-0.05, 0) is 56.0 Å². The van der Waals surface area contributed by atoms with Gasteiger partial charge in [-0.15, -0.1) is 11.3 Å². The van der Waals surface area contributed by atoms with Gasteiger partial charge in [0.1, 0.15) is 12.1 Å². The summed E-state index contributed by atoms with van der Waals surface area (Å²) in [4.78, 5) is 11.4. The average molecular weight is 302 g/mol. The molecule has 5 heteroatoms. The van der Waals surface area contributed by atoms with Crippen molar-refractivity contribution in [3.05, 3.63) is 17.3 Å². The number of hydrogen-bond acceptors (Lipinski definition) is 5. The van der Waals surface area contributed by atoms with Crippen molar-refractivity contribution >= 4 is 27.4 Å². The fourth-order valence-corrected chi connectivity index (χ4v) is 4.15. The number of rotatable bonds is 4. The van der Waals surface area contributed by atoms with Crippen LogP contribution in [-0.2, 0) is 0 Å². The molecule has 3 heterocycles. The Hall–Kier alpha value is -1.20. The van der Waals surface area contributed by atoms with Gasteiger partial charge >= 0.3 is 0 Å². The Labute approximate surface area is 129 Å². The molecule has 0 bridgehead atoms. The van der Waals surface area contributed by atoms with Gasteiger partial charge in [0.05, 0.1) is 10.2 Å². The van der Waals surface area contributed by atoms with Crippen molar-refractivity contribution in [3.8, 4) is 0 Å². The Morgan fingerprint density at radius 2 is 2.05 bits per heavy atom. The monoisotopic (exact) mass is 302 g/mol. The van der Waals surface area contributed by atoms with Gasteiger partial charge in [-0.2, -0.15) is 0 Å². The molecule has 1 saturated heterocycles. The number of nitrogens with one attached hydrogen (secondary N) is 1. The van der Waals surface area contributed by atoms with Crippen LogP contribution in [0.3, 0.4) is 0 Å². The summed E-state index contributed by atoms with van der Waals surface area (Å²) in [6.45, 7) is 5.56. The van der Waals surface area contributed by atoms with Crippen molar-refractivity contribution in [2.45, 2.75) is 38.6 Å². The van der Waals surface area contributed by atoms with Crippen molar-refractivity contribution in [3.63, 3.8) is 0 Å². The number of aryl methyl sites for hydroxylation is 1. The van der Waals surface area contributed by atoms with E-state index in [4.69, 9.17) is 0 Å². The minimum atomic E-state index is 0.698. The van der Waals surface area contributed by atoms with E-state index in [1.165, 1.54) is 42.5 Å². The topological polar surface area (TPSA) is 41.0 Å². The highest BCUT2D eigenvalue weighted by Gasteiger charge is 2.25. The maximum Gasteiger partial charge on any atom is 0.150 e. The molecule has 2 aliphatic rings. The van der Waals surface area contributed by atoms with Crippen LogP contribution in [0.15, 0.2) is 11.7 Å². The zero-order valence-corrected chi connectivity index (χ0v) is 13.3. The number of nitrogens with zero attached hydrogens (tertiary/aromatic N) is 3. The molecule has 0 atom stereocenters. The van der Waals surface area contributed by atoms with E-state index in [1.807, 2.05) is 0 Å². The number of piperidine rings is 1. The van der Waals surface area contributed by atoms with E-state index in [0.717, 1.165) is 30.3 Å². The molecular formula is C16H22N4S. The van der Waals surface area contributed by atoms with Crippen LogP contribution >= 0.6 is 11.3 Å². The molecule has 1 aliphatic carbocycles. The Bertz CT molecular complexity index is 626. The molecule has 4 nitrogen and oxygen atoms in total. The summed E-state index contributed by atoms with van der Waals surface area (Å²) in [5.41, 5.74) is 2.39. The Morgan fingerprint density at radius 1 is 1.24 bits per heavy atom. The number of thiophene rings is 1. The van der Waals surface area contributed by atoms with Gasteiger partial charge in [-0.25, -0.2) is 9.97 Å². The highest BCUT2D eigenvalue weighted by molar-refractivity contribution is 7.18. The zero-order valence-electron chi connectivity index (χ0n) is 12.5. The third-order valence-electron chi connectivity index (χ3n) is 4.70. The van der Waals surface area contributed by atoms with Crippen molar-refractivity contribution < 1.29 is 0 Å². The van der Waals surface area contributed by atoms with Gasteiger partial charge in [0, 0.05) is 19.1 Å². The number of aromatic nitrogens is 2. The van der Waals surface area contributed by atoms with Crippen LogP contribution in [-0.4, -0.2) is 35.6 Å². The van der Waals surface area contributed by atoms with E-state index in [0.29, 0.717) is 6.04 Å². The first-order valence-electron chi connectivity index (χ1n) is 7.98. The van der Waals surface area contributed by atoms with Gasteiger partial charge in [0.15, 0.2) is 0 Å². The molecule has 1 N–H and O–H groups in total. The molecule has 1 aliphatic heterocycles. The molecule has 2 fully saturated rings. The molecule has 0 aromatic carbocycles. The lowest BCUT2D eigenvalue weighted by Crippen LogP contribution is -2.43. The largest absolute Gasteiger partial charge is 0.355 e. The lowest BCUT2D eigenvalue weighted by Gasteiger charge is -2.33. The summed E-state index contributed by atoms with van der Waals surface area (Å²) in [6.07, 6.45) is 7.03. The summed E-state index contributed by atoms with van der Waals surface area (Å²) in [6, 6.07) is 0.698. The van der Waals surface area contributed by atoms with Gasteiger partial charge in [0.25, 0.3) is 0 Å². The molecule has 0 amide bonds. The summed E-state index contributed by atoms with van der Waals surface area (Å²) >= 11 is 1.78. The SMILES string of the molecule is Cc1csc2c(N3CCC(NCC4CC4)CC3)ncnc12. The standard InChI is InChI=1S/C16H22N4S/c1-11-9-21-15-14(11)18-10-19-16(15)20-6-4-13(5-7-20)17-8-12-2-3-12/h9-10,12-13,17H,2-8H2,1H3. The number of anilines is 1. The minimum absolute atomic E-state index is 0.698. The second-order valence-electron chi connectivity index (χ2n) is 6.41. The molecule has 21 heavy (non-hydrogen) atoms. The molecule has 0 spiro atoms. The van der Waals surface area contributed by atoms with Crippen molar-refractivity contribution in [2.75, 3.05) is 24.5 Å². The molecule has 0 unspecified atom stereocenters. The van der Waals surface area contributed by atoms with E-state index in [-0.39, 0.29) is 0 Å². The van der Waals surface area contributed by atoms with Crippen molar-refractivity contribution in [1.82, 2.24) is 15.3 Å². The quantitative estimate of drug-likeness (QED) is 0.943. The second kappa shape index (κ2) is 5.54. The first-order chi connectivity index (χ1) is 10.3. The maximum absolute atomic E-state index is 4.56. The lowest BCUT2D eigenvalue weighted by molar-refractivity contribution is 0.408. The van der Waals surface area contributed by atoms with Crippen LogP contribution < -0.4 is 10.2 Å². The average Bonchev–Trinajstić information content (AvgIpc) is 3.28. The zero-order chi connectivity index (χ0) is 14.2. The Kier molecular flexibility index (Phi) is 3.55. The van der Waals surface area contributed by atoms with Crippen LogP contribution in [0.4, 0.5) is 5.82 Å². The minimum Gasteiger partial charge on any atom is -0.355 e. The molecule has 2 aromatic rings. The number of fused-ring (bicyclic) bond motifs is 1. The summed E-state index contributed by atoms with van der Waals surface area (Å²) in [7, 11) is 0. The van der Waals surface area contributed by atoms with Crippen LogP contribution in [0.5, 0.6) is 0 Å². The van der Waals surface area contributed by atoms with E-state index in [9.17, 15) is 0 Å². The third kappa shape index (κ3) is 2.77. The van der Waals surface area contributed by atoms with Crippen LogP contribution in [0, 0.1) is 12.8 Å². The fraction of sp³-hybridized carbons (Fsp3) is 0.625. The summed E-state index contributed by atoms with van der Waals surface area (Å²) in [5.74, 6) is 2.11. The van der Waals surface area contributed by atoms with Gasteiger partial charge < -0.3 is 10.2 Å². The van der Waals surface area contributed by atoms with Crippen molar-refractivity contribution in [2.24, 2.45) is 5.92 Å². The highest BCUT2D eigenvalue weighted by atomic mass is 32.1. The molecule has 2 aromatic heterocycles. The van der Waals surface area contributed by atoms with E-state index < -0.39 is 0 Å². The number of hydrogen-bond donors (Lipinski definition) is 1. The van der Waals surface area contributed by atoms with E-state index >= 15 is 0 Å². The van der Waals surface area contributed by atoms with Gasteiger partial charge in [-0.3, -0.25) is 0 Å². The lowest BCUT2D eigenvalue weighted by atomic mass is 10.0. The van der Waals surface area contributed by atoms with Gasteiger partial charge in [-0.1, -0.05) is 0 Å². The Balaban J connectivity index is 1.44. The molecule has 0 radical (unpaired) electrons. The smallest absolute Gasteiger partial charge is 0.150 e.